The lowest BCUT2D eigenvalue weighted by Crippen LogP contribution is -2.52. The Hall–Kier alpha value is -2.19. The number of aliphatic imine (C=N–C) groups is 1. The van der Waals surface area contributed by atoms with E-state index in [0.717, 1.165) is 61.4 Å². The molecule has 1 aliphatic heterocycles. The van der Waals surface area contributed by atoms with Gasteiger partial charge in [0.05, 0.1) is 24.4 Å². The number of hydrogen-bond donors (Lipinski definition) is 1. The molecule has 3 rings (SSSR count). The molecule has 1 aromatic carbocycles. The van der Waals surface area contributed by atoms with Crippen LogP contribution in [-0.2, 0) is 19.5 Å². The Morgan fingerprint density at radius 3 is 2.71 bits per heavy atom. The molecule has 0 unspecified atom stereocenters. The van der Waals surface area contributed by atoms with E-state index in [2.05, 4.69) is 37.4 Å². The lowest BCUT2D eigenvalue weighted by molar-refractivity contribution is 0.172. The second kappa shape index (κ2) is 9.84. The number of guanidine groups is 1. The van der Waals surface area contributed by atoms with Crippen molar-refractivity contribution in [3.63, 3.8) is 0 Å². The molecule has 0 saturated carbocycles. The highest BCUT2D eigenvalue weighted by Gasteiger charge is 2.20. The predicted octanol–water partition coefficient (Wildman–Crippen LogP) is 2.75. The molecule has 6 nitrogen and oxygen atoms in total. The van der Waals surface area contributed by atoms with Gasteiger partial charge in [0.25, 0.3) is 0 Å². The molecule has 28 heavy (non-hydrogen) atoms. The summed E-state index contributed by atoms with van der Waals surface area (Å²) >= 11 is 1.70. The van der Waals surface area contributed by atoms with Crippen molar-refractivity contribution in [2.24, 2.45) is 4.99 Å². The summed E-state index contributed by atoms with van der Waals surface area (Å²) in [6.45, 7) is 7.13. The normalized spacial score (nSPS) is 15.7. The van der Waals surface area contributed by atoms with Crippen LogP contribution in [0.1, 0.15) is 23.2 Å². The summed E-state index contributed by atoms with van der Waals surface area (Å²) in [4.78, 5) is 13.6. The first kappa shape index (κ1) is 20.5. The van der Waals surface area contributed by atoms with Gasteiger partial charge in [0.15, 0.2) is 17.5 Å². The van der Waals surface area contributed by atoms with E-state index in [0.29, 0.717) is 6.54 Å². The Balaban J connectivity index is 1.48. The third kappa shape index (κ3) is 5.20. The van der Waals surface area contributed by atoms with E-state index in [1.165, 1.54) is 7.11 Å². The van der Waals surface area contributed by atoms with E-state index in [-0.39, 0.29) is 11.6 Å². The number of benzene rings is 1. The van der Waals surface area contributed by atoms with Crippen LogP contribution >= 0.6 is 11.3 Å². The Labute approximate surface area is 170 Å². The highest BCUT2D eigenvalue weighted by Crippen LogP contribution is 2.19. The van der Waals surface area contributed by atoms with Crippen molar-refractivity contribution in [3.05, 3.63) is 45.7 Å². The van der Waals surface area contributed by atoms with Gasteiger partial charge in [-0.15, -0.1) is 11.3 Å². The van der Waals surface area contributed by atoms with Gasteiger partial charge in [-0.1, -0.05) is 13.0 Å². The Morgan fingerprint density at radius 1 is 1.32 bits per heavy atom. The zero-order valence-corrected chi connectivity index (χ0v) is 17.6. The first-order valence-corrected chi connectivity index (χ1v) is 10.4. The number of piperazine rings is 1. The zero-order valence-electron chi connectivity index (χ0n) is 16.7. The van der Waals surface area contributed by atoms with Gasteiger partial charge in [0.2, 0.25) is 0 Å². The van der Waals surface area contributed by atoms with Crippen molar-refractivity contribution in [1.29, 1.82) is 0 Å². The minimum atomic E-state index is -0.309. The van der Waals surface area contributed by atoms with Crippen LogP contribution in [-0.4, -0.2) is 61.1 Å². The van der Waals surface area contributed by atoms with E-state index < -0.39 is 0 Å². The summed E-state index contributed by atoms with van der Waals surface area (Å²) in [6.07, 6.45) is 0.972. The fourth-order valence-electron chi connectivity index (χ4n) is 3.28. The van der Waals surface area contributed by atoms with Gasteiger partial charge in [-0.05, 0) is 24.1 Å². The minimum absolute atomic E-state index is 0.287. The number of thiazole rings is 1. The van der Waals surface area contributed by atoms with E-state index in [9.17, 15) is 4.39 Å². The van der Waals surface area contributed by atoms with Gasteiger partial charge >= 0.3 is 0 Å². The van der Waals surface area contributed by atoms with Crippen LogP contribution in [0.3, 0.4) is 0 Å². The molecule has 0 spiro atoms. The van der Waals surface area contributed by atoms with Gasteiger partial charge < -0.3 is 15.0 Å². The fourth-order valence-corrected chi connectivity index (χ4v) is 4.02. The fraction of sp³-hybridized carbons (Fsp3) is 0.500. The summed E-state index contributed by atoms with van der Waals surface area (Å²) in [5.41, 5.74) is 2.02. The second-order valence-corrected chi connectivity index (χ2v) is 7.66. The number of ether oxygens (including phenoxy) is 1. The van der Waals surface area contributed by atoms with Crippen LogP contribution in [0, 0.1) is 5.82 Å². The third-order valence-electron chi connectivity index (χ3n) is 4.84. The second-order valence-electron chi connectivity index (χ2n) is 6.72. The topological polar surface area (TPSA) is 53.0 Å². The summed E-state index contributed by atoms with van der Waals surface area (Å²) < 4.78 is 18.9. The average molecular weight is 406 g/mol. The Bertz CT molecular complexity index is 802. The van der Waals surface area contributed by atoms with Gasteiger partial charge in [0.1, 0.15) is 0 Å². The number of halogens is 1. The smallest absolute Gasteiger partial charge is 0.194 e. The lowest BCUT2D eigenvalue weighted by Gasteiger charge is -2.36. The Morgan fingerprint density at radius 2 is 2.11 bits per heavy atom. The first-order chi connectivity index (χ1) is 13.6. The molecule has 0 aliphatic carbocycles. The van der Waals surface area contributed by atoms with Crippen LogP contribution in [0.4, 0.5) is 4.39 Å². The molecule has 1 N–H and O–H groups in total. The van der Waals surface area contributed by atoms with Gasteiger partial charge in [-0.25, -0.2) is 9.37 Å². The third-order valence-corrected chi connectivity index (χ3v) is 5.88. The minimum Gasteiger partial charge on any atom is -0.494 e. The molecule has 0 amide bonds. The highest BCUT2D eigenvalue weighted by molar-refractivity contribution is 7.09. The molecule has 0 atom stereocenters. The number of aryl methyl sites for hydroxylation is 1. The molecular weight excluding hydrogens is 377 g/mol. The maximum atomic E-state index is 13.9. The first-order valence-electron chi connectivity index (χ1n) is 9.56. The van der Waals surface area contributed by atoms with Gasteiger partial charge in [-0.2, -0.15) is 0 Å². The van der Waals surface area contributed by atoms with E-state index in [1.54, 1.807) is 23.5 Å². The molecule has 1 saturated heterocycles. The molecule has 152 valence electrons. The average Bonchev–Trinajstić information content (AvgIpc) is 3.18. The predicted molar refractivity (Wildman–Crippen MR) is 111 cm³/mol. The molecule has 8 heteroatoms. The molecule has 0 bridgehead atoms. The molecule has 1 aromatic heterocycles. The quantitative estimate of drug-likeness (QED) is 0.592. The molecular formula is C20H28FN5OS. The maximum absolute atomic E-state index is 13.9. The monoisotopic (exact) mass is 405 g/mol. The number of hydrogen-bond acceptors (Lipinski definition) is 5. The number of rotatable bonds is 6. The number of aromatic nitrogens is 1. The van der Waals surface area contributed by atoms with Gasteiger partial charge in [-0.3, -0.25) is 9.89 Å². The van der Waals surface area contributed by atoms with Crippen molar-refractivity contribution in [2.45, 2.75) is 26.4 Å². The summed E-state index contributed by atoms with van der Waals surface area (Å²) in [5.74, 6) is 0.882. The maximum Gasteiger partial charge on any atom is 0.194 e. The molecule has 2 aromatic rings. The summed E-state index contributed by atoms with van der Waals surface area (Å²) in [6, 6.07) is 5.17. The van der Waals surface area contributed by atoms with Crippen LogP contribution in [0.2, 0.25) is 0 Å². The molecule has 1 aliphatic rings. The van der Waals surface area contributed by atoms with Crippen molar-refractivity contribution >= 4 is 17.3 Å². The number of nitrogens with one attached hydrogen (secondary N) is 1. The van der Waals surface area contributed by atoms with Gasteiger partial charge in [0, 0.05) is 45.2 Å². The zero-order chi connectivity index (χ0) is 19.9. The van der Waals surface area contributed by atoms with E-state index in [4.69, 9.17) is 4.74 Å². The van der Waals surface area contributed by atoms with Crippen LogP contribution in [0.25, 0.3) is 0 Å². The molecule has 1 fully saturated rings. The number of methoxy groups -OCH3 is 1. The SMILES string of the molecule is CCc1nc(CNC(=NC)N2CCN(Cc3ccc(OC)c(F)c3)CC2)cs1. The summed E-state index contributed by atoms with van der Waals surface area (Å²) in [5, 5.41) is 6.68. The molecule has 0 radical (unpaired) electrons. The summed E-state index contributed by atoms with van der Waals surface area (Å²) in [7, 11) is 3.29. The highest BCUT2D eigenvalue weighted by atomic mass is 32.1. The van der Waals surface area contributed by atoms with Crippen molar-refractivity contribution < 1.29 is 9.13 Å². The van der Waals surface area contributed by atoms with Crippen LogP contribution in [0.15, 0.2) is 28.6 Å². The van der Waals surface area contributed by atoms with Crippen molar-refractivity contribution in [1.82, 2.24) is 20.1 Å². The van der Waals surface area contributed by atoms with E-state index >= 15 is 0 Å². The number of nitrogens with zero attached hydrogens (tertiary/aromatic N) is 4. The standard InChI is InChI=1S/C20H28FN5OS/c1-4-19-24-16(14-28-19)12-23-20(22-2)26-9-7-25(8-10-26)13-15-5-6-18(27-3)17(21)11-15/h5-6,11,14H,4,7-10,12-13H2,1-3H3,(H,22,23). The Kier molecular flexibility index (Phi) is 7.22. The van der Waals surface area contributed by atoms with Crippen LogP contribution < -0.4 is 10.1 Å². The largest absolute Gasteiger partial charge is 0.494 e. The van der Waals surface area contributed by atoms with Crippen molar-refractivity contribution in [2.75, 3.05) is 40.3 Å². The lowest BCUT2D eigenvalue weighted by atomic mass is 10.2. The van der Waals surface area contributed by atoms with E-state index in [1.807, 2.05) is 13.1 Å². The van der Waals surface area contributed by atoms with Crippen molar-refractivity contribution in [3.8, 4) is 5.75 Å². The van der Waals surface area contributed by atoms with Crippen LogP contribution in [0.5, 0.6) is 5.75 Å². The molecule has 2 heterocycles.